The second-order valence-corrected chi connectivity index (χ2v) is 14.8. The third kappa shape index (κ3) is 5.74. The third-order valence-corrected chi connectivity index (χ3v) is 11.6. The summed E-state index contributed by atoms with van der Waals surface area (Å²) >= 11 is 1.86. The lowest BCUT2D eigenvalue weighted by atomic mass is 9.87. The number of fused-ring (bicyclic) bond motifs is 4. The molecule has 0 radical (unpaired) electrons. The van der Waals surface area contributed by atoms with Crippen LogP contribution in [0.15, 0.2) is 212 Å². The SMILES string of the molecule is c1ccc(-c2ccc(N(c3ccc(-c4cc5ccccc5cc4-c4ccccc4-c4ccccc4)cc3)c3cccc4sc5ccccc5c34)cc2)cc1. The molecular formula is C52H35NS. The Bertz CT molecular complexity index is 2910. The van der Waals surface area contributed by atoms with Crippen molar-refractivity contribution in [2.24, 2.45) is 0 Å². The highest BCUT2D eigenvalue weighted by Gasteiger charge is 2.20. The predicted molar refractivity (Wildman–Crippen MR) is 233 cm³/mol. The van der Waals surface area contributed by atoms with Gasteiger partial charge in [-0.05, 0) is 110 Å². The highest BCUT2D eigenvalue weighted by molar-refractivity contribution is 7.26. The van der Waals surface area contributed by atoms with Crippen LogP contribution in [0.2, 0.25) is 0 Å². The van der Waals surface area contributed by atoms with Gasteiger partial charge in [-0.2, -0.15) is 0 Å². The van der Waals surface area contributed by atoms with Crippen LogP contribution >= 0.6 is 11.3 Å². The van der Waals surface area contributed by atoms with Gasteiger partial charge in [0.15, 0.2) is 0 Å². The van der Waals surface area contributed by atoms with E-state index in [2.05, 4.69) is 217 Å². The van der Waals surface area contributed by atoms with Crippen molar-refractivity contribution in [1.29, 1.82) is 0 Å². The van der Waals surface area contributed by atoms with Crippen molar-refractivity contribution < 1.29 is 0 Å². The van der Waals surface area contributed by atoms with E-state index in [-0.39, 0.29) is 0 Å². The highest BCUT2D eigenvalue weighted by Crippen LogP contribution is 2.46. The Labute approximate surface area is 319 Å². The van der Waals surface area contributed by atoms with Crippen LogP contribution in [0, 0.1) is 0 Å². The summed E-state index contributed by atoms with van der Waals surface area (Å²) in [4.78, 5) is 2.42. The molecule has 1 aromatic heterocycles. The molecule has 0 N–H and O–H groups in total. The van der Waals surface area contributed by atoms with Gasteiger partial charge in [0.05, 0.1) is 5.69 Å². The van der Waals surface area contributed by atoms with E-state index < -0.39 is 0 Å². The van der Waals surface area contributed by atoms with E-state index in [1.807, 2.05) is 11.3 Å². The fourth-order valence-electron chi connectivity index (χ4n) is 7.88. The maximum absolute atomic E-state index is 2.42. The molecule has 9 aromatic carbocycles. The quantitative estimate of drug-likeness (QED) is 0.160. The monoisotopic (exact) mass is 705 g/mol. The Kier molecular flexibility index (Phi) is 8.09. The Balaban J connectivity index is 1.14. The standard InChI is InChI=1S/C52H35NS/c1-3-14-36(15-4-1)37-26-30-42(31-27-37)53(49-23-13-25-51-52(49)46-22-11-12-24-50(46)54-51)43-32-28-39(29-33-43)47-34-40-18-7-8-19-41(40)35-48(47)45-21-10-9-20-44(45)38-16-5-2-6-17-38/h1-35H. The molecule has 0 fully saturated rings. The Morgan fingerprint density at radius 2 is 0.815 bits per heavy atom. The summed E-state index contributed by atoms with van der Waals surface area (Å²) in [6.07, 6.45) is 0. The molecule has 0 saturated carbocycles. The minimum absolute atomic E-state index is 1.11. The summed E-state index contributed by atoms with van der Waals surface area (Å²) in [5.41, 5.74) is 13.1. The molecule has 0 aliphatic carbocycles. The van der Waals surface area contributed by atoms with E-state index in [0.717, 1.165) is 11.4 Å². The first-order chi connectivity index (χ1) is 26.8. The van der Waals surface area contributed by atoms with Crippen LogP contribution in [0.25, 0.3) is 75.5 Å². The van der Waals surface area contributed by atoms with Crippen LogP contribution in [-0.4, -0.2) is 0 Å². The summed E-state index contributed by atoms with van der Waals surface area (Å²) in [5, 5.41) is 5.03. The van der Waals surface area contributed by atoms with Gasteiger partial charge in [0.2, 0.25) is 0 Å². The van der Waals surface area contributed by atoms with Crippen LogP contribution < -0.4 is 4.90 Å². The van der Waals surface area contributed by atoms with Crippen LogP contribution in [0.5, 0.6) is 0 Å². The van der Waals surface area contributed by atoms with Crippen LogP contribution in [0.3, 0.4) is 0 Å². The van der Waals surface area contributed by atoms with Gasteiger partial charge in [-0.1, -0.05) is 158 Å². The summed E-state index contributed by atoms with van der Waals surface area (Å²) in [6, 6.07) is 77.2. The minimum Gasteiger partial charge on any atom is -0.310 e. The maximum Gasteiger partial charge on any atom is 0.0554 e. The zero-order valence-electron chi connectivity index (χ0n) is 29.6. The lowest BCUT2D eigenvalue weighted by Crippen LogP contribution is -2.10. The van der Waals surface area contributed by atoms with Gasteiger partial charge in [0, 0.05) is 31.5 Å². The van der Waals surface area contributed by atoms with Gasteiger partial charge in [-0.3, -0.25) is 0 Å². The fraction of sp³-hybridized carbons (Fsp3) is 0. The third-order valence-electron chi connectivity index (χ3n) is 10.5. The molecule has 10 aromatic rings. The van der Waals surface area contributed by atoms with Crippen molar-refractivity contribution in [3.05, 3.63) is 212 Å². The smallest absolute Gasteiger partial charge is 0.0554 e. The molecular weight excluding hydrogens is 671 g/mol. The predicted octanol–water partition coefficient (Wildman–Crippen LogP) is 15.3. The zero-order chi connectivity index (χ0) is 35.8. The van der Waals surface area contributed by atoms with E-state index in [4.69, 9.17) is 0 Å². The fourth-order valence-corrected chi connectivity index (χ4v) is 9.01. The molecule has 0 aliphatic heterocycles. The van der Waals surface area contributed by atoms with E-state index in [0.29, 0.717) is 0 Å². The first kappa shape index (κ1) is 32.0. The van der Waals surface area contributed by atoms with Gasteiger partial charge < -0.3 is 4.90 Å². The normalized spacial score (nSPS) is 11.3. The summed E-state index contributed by atoms with van der Waals surface area (Å²) in [5.74, 6) is 0. The van der Waals surface area contributed by atoms with E-state index in [9.17, 15) is 0 Å². The Morgan fingerprint density at radius 1 is 0.315 bits per heavy atom. The molecule has 0 amide bonds. The van der Waals surface area contributed by atoms with E-state index in [1.54, 1.807) is 0 Å². The van der Waals surface area contributed by atoms with Crippen molar-refractivity contribution in [2.75, 3.05) is 4.90 Å². The van der Waals surface area contributed by atoms with Gasteiger partial charge in [0.1, 0.15) is 0 Å². The lowest BCUT2D eigenvalue weighted by molar-refractivity contribution is 1.30. The molecule has 0 atom stereocenters. The largest absolute Gasteiger partial charge is 0.310 e. The lowest BCUT2D eigenvalue weighted by Gasteiger charge is -2.27. The topological polar surface area (TPSA) is 3.24 Å². The first-order valence-corrected chi connectivity index (χ1v) is 19.2. The number of rotatable bonds is 7. The van der Waals surface area contributed by atoms with Gasteiger partial charge in [-0.15, -0.1) is 11.3 Å². The van der Waals surface area contributed by atoms with E-state index in [1.165, 1.54) is 81.1 Å². The van der Waals surface area contributed by atoms with Crippen molar-refractivity contribution >= 4 is 59.3 Å². The second kappa shape index (κ2) is 13.7. The summed E-state index contributed by atoms with van der Waals surface area (Å²) in [7, 11) is 0. The highest BCUT2D eigenvalue weighted by atomic mass is 32.1. The molecule has 0 spiro atoms. The minimum atomic E-state index is 1.11. The average Bonchev–Trinajstić information content (AvgIpc) is 3.64. The Morgan fingerprint density at radius 3 is 1.52 bits per heavy atom. The Hall–Kier alpha value is -6.74. The molecule has 1 heterocycles. The molecule has 1 nitrogen and oxygen atoms in total. The molecule has 254 valence electrons. The molecule has 10 rings (SSSR count). The summed E-state index contributed by atoms with van der Waals surface area (Å²) in [6.45, 7) is 0. The molecule has 0 saturated heterocycles. The van der Waals surface area contributed by atoms with Crippen LogP contribution in [0.1, 0.15) is 0 Å². The number of benzene rings is 9. The molecule has 2 heteroatoms. The number of nitrogens with zero attached hydrogens (tertiary/aromatic N) is 1. The molecule has 0 aliphatic rings. The molecule has 54 heavy (non-hydrogen) atoms. The van der Waals surface area contributed by atoms with Gasteiger partial charge in [0.25, 0.3) is 0 Å². The number of anilines is 3. The maximum atomic E-state index is 2.42. The number of thiophene rings is 1. The number of hydrogen-bond donors (Lipinski definition) is 0. The number of hydrogen-bond acceptors (Lipinski definition) is 2. The molecule has 0 unspecified atom stereocenters. The van der Waals surface area contributed by atoms with Crippen molar-refractivity contribution in [3.63, 3.8) is 0 Å². The van der Waals surface area contributed by atoms with E-state index >= 15 is 0 Å². The summed E-state index contributed by atoms with van der Waals surface area (Å²) < 4.78 is 2.59. The molecule has 0 bridgehead atoms. The van der Waals surface area contributed by atoms with Crippen molar-refractivity contribution in [1.82, 2.24) is 0 Å². The average molecular weight is 706 g/mol. The van der Waals surface area contributed by atoms with Crippen LogP contribution in [0.4, 0.5) is 17.1 Å². The van der Waals surface area contributed by atoms with Crippen LogP contribution in [-0.2, 0) is 0 Å². The van der Waals surface area contributed by atoms with Gasteiger partial charge >= 0.3 is 0 Å². The zero-order valence-corrected chi connectivity index (χ0v) is 30.4. The van der Waals surface area contributed by atoms with Crippen molar-refractivity contribution in [2.45, 2.75) is 0 Å². The van der Waals surface area contributed by atoms with Gasteiger partial charge in [-0.25, -0.2) is 0 Å². The first-order valence-electron chi connectivity index (χ1n) is 18.4. The second-order valence-electron chi connectivity index (χ2n) is 13.7. The van der Waals surface area contributed by atoms with Crippen molar-refractivity contribution in [3.8, 4) is 44.5 Å².